The highest BCUT2D eigenvalue weighted by Gasteiger charge is 2.14. The molecular weight excluding hydrogens is 379 g/mol. The number of aryl methyl sites for hydroxylation is 2. The Kier molecular flexibility index (Phi) is 5.84. The van der Waals surface area contributed by atoms with Crippen LogP contribution in [-0.4, -0.2) is 9.78 Å². The van der Waals surface area contributed by atoms with Gasteiger partial charge in [-0.15, -0.1) is 11.8 Å². The van der Waals surface area contributed by atoms with E-state index in [1.54, 1.807) is 17.8 Å². The van der Waals surface area contributed by atoms with Crippen molar-refractivity contribution in [1.29, 1.82) is 0 Å². The maximum atomic E-state index is 6.19. The lowest BCUT2D eigenvalue weighted by Crippen LogP contribution is -2.01. The molecule has 0 saturated heterocycles. The monoisotopic (exact) mass is 392 g/mol. The van der Waals surface area contributed by atoms with Crippen LogP contribution in [0.1, 0.15) is 25.2 Å². The Labute approximate surface area is 142 Å². The SMILES string of the molecule is CCc1nn(CC)c(CSc2cc(Cl)ccc2Cl)c1Br. The van der Waals surface area contributed by atoms with Gasteiger partial charge in [0.1, 0.15) is 0 Å². The van der Waals surface area contributed by atoms with Gasteiger partial charge in [0.15, 0.2) is 0 Å². The number of halogens is 3. The van der Waals surface area contributed by atoms with Gasteiger partial charge in [0.25, 0.3) is 0 Å². The maximum Gasteiger partial charge on any atom is 0.0767 e. The number of rotatable bonds is 5. The first kappa shape index (κ1) is 16.2. The number of hydrogen-bond acceptors (Lipinski definition) is 2. The molecule has 2 rings (SSSR count). The van der Waals surface area contributed by atoms with E-state index in [1.165, 1.54) is 5.69 Å². The lowest BCUT2D eigenvalue weighted by Gasteiger charge is -2.07. The van der Waals surface area contributed by atoms with Gasteiger partial charge in [-0.2, -0.15) is 5.10 Å². The van der Waals surface area contributed by atoms with E-state index in [-0.39, 0.29) is 0 Å². The van der Waals surface area contributed by atoms with Gasteiger partial charge in [-0.1, -0.05) is 30.1 Å². The maximum absolute atomic E-state index is 6.19. The largest absolute Gasteiger partial charge is 0.268 e. The van der Waals surface area contributed by atoms with E-state index in [0.717, 1.165) is 38.8 Å². The molecule has 0 aliphatic carbocycles. The molecule has 6 heteroatoms. The highest BCUT2D eigenvalue weighted by atomic mass is 79.9. The average Bonchev–Trinajstić information content (AvgIpc) is 2.75. The van der Waals surface area contributed by atoms with Crippen LogP contribution >= 0.6 is 50.9 Å². The van der Waals surface area contributed by atoms with Gasteiger partial charge >= 0.3 is 0 Å². The smallest absolute Gasteiger partial charge is 0.0767 e. The second-order valence-electron chi connectivity index (χ2n) is 4.24. The van der Waals surface area contributed by atoms with E-state index in [2.05, 4.69) is 34.9 Å². The minimum absolute atomic E-state index is 0.703. The molecule has 0 fully saturated rings. The Morgan fingerprint density at radius 1 is 1.30 bits per heavy atom. The summed E-state index contributed by atoms with van der Waals surface area (Å²) in [6.07, 6.45) is 0.920. The molecule has 1 aromatic heterocycles. The zero-order valence-corrected chi connectivity index (χ0v) is 15.2. The second-order valence-corrected chi connectivity index (χ2v) is 6.89. The Balaban J connectivity index is 2.22. The zero-order valence-electron chi connectivity index (χ0n) is 11.3. The van der Waals surface area contributed by atoms with E-state index in [4.69, 9.17) is 23.2 Å². The summed E-state index contributed by atoms with van der Waals surface area (Å²) in [6, 6.07) is 5.53. The van der Waals surface area contributed by atoms with E-state index >= 15 is 0 Å². The molecule has 0 aliphatic heterocycles. The van der Waals surface area contributed by atoms with Crippen molar-refractivity contribution in [1.82, 2.24) is 9.78 Å². The topological polar surface area (TPSA) is 17.8 Å². The van der Waals surface area contributed by atoms with E-state index < -0.39 is 0 Å². The third kappa shape index (κ3) is 3.53. The number of aromatic nitrogens is 2. The molecule has 0 N–H and O–H groups in total. The number of hydrogen-bond donors (Lipinski definition) is 0. The van der Waals surface area contributed by atoms with Crippen molar-refractivity contribution in [2.45, 2.75) is 37.5 Å². The fraction of sp³-hybridized carbons (Fsp3) is 0.357. The summed E-state index contributed by atoms with van der Waals surface area (Å²) in [4.78, 5) is 0.993. The van der Waals surface area contributed by atoms with Crippen LogP contribution in [0.25, 0.3) is 0 Å². The first-order valence-corrected chi connectivity index (χ1v) is 8.92. The molecule has 0 amide bonds. The summed E-state index contributed by atoms with van der Waals surface area (Å²) in [5.74, 6) is 0.807. The van der Waals surface area contributed by atoms with Crippen LogP contribution in [0.4, 0.5) is 0 Å². The zero-order chi connectivity index (χ0) is 14.7. The molecule has 0 spiro atoms. The molecule has 1 heterocycles. The molecule has 0 bridgehead atoms. The Bertz CT molecular complexity index is 613. The molecule has 2 nitrogen and oxygen atoms in total. The third-order valence-electron chi connectivity index (χ3n) is 2.95. The third-order valence-corrected chi connectivity index (χ3v) is 5.61. The molecule has 0 radical (unpaired) electrons. The van der Waals surface area contributed by atoms with Crippen LogP contribution in [0.2, 0.25) is 10.0 Å². The van der Waals surface area contributed by atoms with Gasteiger partial charge in [0, 0.05) is 22.2 Å². The first-order chi connectivity index (χ1) is 9.56. The highest BCUT2D eigenvalue weighted by molar-refractivity contribution is 9.10. The lowest BCUT2D eigenvalue weighted by molar-refractivity contribution is 0.627. The van der Waals surface area contributed by atoms with Crippen molar-refractivity contribution in [2.75, 3.05) is 0 Å². The van der Waals surface area contributed by atoms with Crippen molar-refractivity contribution in [3.63, 3.8) is 0 Å². The van der Waals surface area contributed by atoms with Gasteiger partial charge in [0.2, 0.25) is 0 Å². The van der Waals surface area contributed by atoms with Gasteiger partial charge in [-0.25, -0.2) is 0 Å². The Morgan fingerprint density at radius 2 is 2.05 bits per heavy atom. The van der Waals surface area contributed by atoms with Gasteiger partial charge in [0.05, 0.1) is 20.9 Å². The summed E-state index contributed by atoms with van der Waals surface area (Å²) in [5, 5.41) is 6.03. The lowest BCUT2D eigenvalue weighted by atomic mass is 10.3. The minimum atomic E-state index is 0.703. The molecule has 0 saturated carbocycles. The first-order valence-electron chi connectivity index (χ1n) is 6.38. The van der Waals surface area contributed by atoms with E-state index in [0.29, 0.717) is 5.02 Å². The highest BCUT2D eigenvalue weighted by Crippen LogP contribution is 2.34. The van der Waals surface area contributed by atoms with Crippen LogP contribution in [0.3, 0.4) is 0 Å². The number of thioether (sulfide) groups is 1. The van der Waals surface area contributed by atoms with Crippen molar-refractivity contribution < 1.29 is 0 Å². The molecule has 0 atom stereocenters. The second kappa shape index (κ2) is 7.21. The molecule has 0 aliphatic rings. The van der Waals surface area contributed by atoms with Crippen LogP contribution in [0.5, 0.6) is 0 Å². The predicted molar refractivity (Wildman–Crippen MR) is 91.0 cm³/mol. The normalized spacial score (nSPS) is 11.1. The number of benzene rings is 1. The summed E-state index contributed by atoms with van der Waals surface area (Å²) in [7, 11) is 0. The van der Waals surface area contributed by atoms with Crippen LogP contribution in [-0.2, 0) is 18.7 Å². The molecule has 108 valence electrons. The van der Waals surface area contributed by atoms with Gasteiger partial charge in [-0.3, -0.25) is 4.68 Å². The quantitative estimate of drug-likeness (QED) is 0.595. The standard InChI is InChI=1S/C14H15BrCl2N2S/c1-3-11-14(15)12(19(4-2)18-11)8-20-13-7-9(16)5-6-10(13)17/h5-7H,3-4,8H2,1-2H3. The molecular formula is C14H15BrCl2N2S. The van der Waals surface area contributed by atoms with E-state index in [1.807, 2.05) is 16.8 Å². The molecule has 0 unspecified atom stereocenters. The van der Waals surface area contributed by atoms with Crippen molar-refractivity contribution >= 4 is 50.9 Å². The fourth-order valence-electron chi connectivity index (χ4n) is 1.89. The van der Waals surface area contributed by atoms with Crippen molar-refractivity contribution in [2.24, 2.45) is 0 Å². The Morgan fingerprint density at radius 3 is 2.70 bits per heavy atom. The van der Waals surface area contributed by atoms with Crippen molar-refractivity contribution in [3.8, 4) is 0 Å². The summed E-state index contributed by atoms with van der Waals surface area (Å²) >= 11 is 17.5. The molecule has 20 heavy (non-hydrogen) atoms. The van der Waals surface area contributed by atoms with E-state index in [9.17, 15) is 0 Å². The average molecular weight is 394 g/mol. The molecule has 1 aromatic carbocycles. The summed E-state index contributed by atoms with van der Waals surface area (Å²) in [6.45, 7) is 5.06. The fourth-order valence-corrected chi connectivity index (χ4v) is 4.30. The van der Waals surface area contributed by atoms with Crippen LogP contribution in [0, 0.1) is 0 Å². The summed E-state index contributed by atoms with van der Waals surface area (Å²) in [5.41, 5.74) is 2.28. The van der Waals surface area contributed by atoms with Crippen molar-refractivity contribution in [3.05, 3.63) is 44.1 Å². The van der Waals surface area contributed by atoms with Crippen LogP contribution < -0.4 is 0 Å². The Hall–Kier alpha value is -0.160. The number of nitrogens with zero attached hydrogens (tertiary/aromatic N) is 2. The minimum Gasteiger partial charge on any atom is -0.268 e. The summed E-state index contributed by atoms with van der Waals surface area (Å²) < 4.78 is 3.14. The molecule has 2 aromatic rings. The van der Waals surface area contributed by atoms with Crippen LogP contribution in [0.15, 0.2) is 27.6 Å². The predicted octanol–water partition coefficient (Wildman–Crippen LogP) is 5.83. The van der Waals surface area contributed by atoms with Gasteiger partial charge in [-0.05, 0) is 47.5 Å². The van der Waals surface area contributed by atoms with Gasteiger partial charge < -0.3 is 0 Å².